The molecule has 1 rings (SSSR count). The van der Waals surface area contributed by atoms with E-state index in [-0.39, 0.29) is 21.3 Å². The summed E-state index contributed by atoms with van der Waals surface area (Å²) < 4.78 is 24.9. The van der Waals surface area contributed by atoms with E-state index >= 15 is 0 Å². The number of carbonyl (C=O) groups excluding carboxylic acids is 1. The third-order valence-corrected chi connectivity index (χ3v) is 4.94. The molecule has 0 aliphatic carbocycles. The van der Waals surface area contributed by atoms with Crippen LogP contribution in [0.15, 0.2) is 18.2 Å². The fourth-order valence-corrected chi connectivity index (χ4v) is 2.25. The van der Waals surface area contributed by atoms with E-state index in [0.29, 0.717) is 12.1 Å². The summed E-state index contributed by atoms with van der Waals surface area (Å²) in [6.07, 6.45) is 0.338. The van der Waals surface area contributed by atoms with Crippen LogP contribution in [0.1, 0.15) is 13.3 Å². The zero-order valence-corrected chi connectivity index (χ0v) is 12.7. The highest BCUT2D eigenvalue weighted by atomic mass is 79.9. The van der Waals surface area contributed by atoms with Crippen LogP contribution in [-0.2, 0) is 14.8 Å². The number of rotatable bonds is 5. The maximum absolute atomic E-state index is 11.4. The summed E-state index contributed by atoms with van der Waals surface area (Å²) in [4.78, 5) is 11.2. The van der Waals surface area contributed by atoms with E-state index in [2.05, 4.69) is 26.0 Å². The van der Waals surface area contributed by atoms with Gasteiger partial charge in [0.1, 0.15) is 4.66 Å². The SMILES string of the molecule is CCC(=O)Nc1ccc(Cl)c(NS(=O)(=O)CBr)c1. The van der Waals surface area contributed by atoms with Crippen LogP contribution in [0.4, 0.5) is 11.4 Å². The molecule has 0 bridgehead atoms. The molecule has 0 aliphatic rings. The molecular formula is C10H12BrClN2O3S. The lowest BCUT2D eigenvalue weighted by molar-refractivity contribution is -0.115. The van der Waals surface area contributed by atoms with Crippen LogP contribution in [0, 0.1) is 0 Å². The summed E-state index contributed by atoms with van der Waals surface area (Å²) in [5.74, 6) is -0.161. The molecule has 2 N–H and O–H groups in total. The summed E-state index contributed by atoms with van der Waals surface area (Å²) in [6.45, 7) is 1.72. The standard InChI is InChI=1S/C10H12BrClN2O3S/c1-2-10(15)13-7-3-4-8(12)9(5-7)14-18(16,17)6-11/h3-5,14H,2,6H2,1H3,(H,13,15). The Morgan fingerprint density at radius 3 is 2.67 bits per heavy atom. The Balaban J connectivity index is 2.98. The van der Waals surface area contributed by atoms with Gasteiger partial charge in [-0.25, -0.2) is 8.42 Å². The van der Waals surface area contributed by atoms with Gasteiger partial charge in [-0.1, -0.05) is 34.5 Å². The number of alkyl halides is 1. The lowest BCUT2D eigenvalue weighted by Crippen LogP contribution is -2.14. The van der Waals surface area contributed by atoms with Gasteiger partial charge in [-0.2, -0.15) is 0 Å². The van der Waals surface area contributed by atoms with Gasteiger partial charge in [0.2, 0.25) is 15.9 Å². The van der Waals surface area contributed by atoms with Gasteiger partial charge in [0.15, 0.2) is 0 Å². The zero-order valence-electron chi connectivity index (χ0n) is 9.54. The molecule has 1 aromatic rings. The average Bonchev–Trinajstić information content (AvgIpc) is 2.33. The molecule has 0 heterocycles. The largest absolute Gasteiger partial charge is 0.326 e. The van der Waals surface area contributed by atoms with Crippen LogP contribution in [0.5, 0.6) is 0 Å². The molecule has 0 fully saturated rings. The summed E-state index contributed by atoms with van der Waals surface area (Å²) in [7, 11) is -3.48. The highest BCUT2D eigenvalue weighted by Crippen LogP contribution is 2.26. The molecule has 0 saturated carbocycles. The molecule has 0 atom stereocenters. The Hall–Kier alpha value is -0.790. The number of halogens is 2. The van der Waals surface area contributed by atoms with Crippen LogP contribution in [0.25, 0.3) is 0 Å². The van der Waals surface area contributed by atoms with Crippen LogP contribution < -0.4 is 10.0 Å². The molecule has 0 aromatic heterocycles. The minimum absolute atomic E-state index is 0.161. The molecule has 0 unspecified atom stereocenters. The first kappa shape index (κ1) is 15.3. The summed E-state index contributed by atoms with van der Waals surface area (Å²) in [5.41, 5.74) is 0.712. The van der Waals surface area contributed by atoms with Crippen molar-refractivity contribution in [1.82, 2.24) is 0 Å². The van der Waals surface area contributed by atoms with E-state index in [1.54, 1.807) is 13.0 Å². The fraction of sp³-hybridized carbons (Fsp3) is 0.300. The maximum atomic E-state index is 11.4. The van der Waals surface area contributed by atoms with Crippen molar-refractivity contribution in [3.05, 3.63) is 23.2 Å². The lowest BCUT2D eigenvalue weighted by atomic mass is 10.2. The Kier molecular flexibility index (Phi) is 5.43. The highest BCUT2D eigenvalue weighted by molar-refractivity contribution is 9.10. The van der Waals surface area contributed by atoms with Crippen molar-refractivity contribution in [2.24, 2.45) is 0 Å². The van der Waals surface area contributed by atoms with Crippen LogP contribution in [-0.4, -0.2) is 19.0 Å². The van der Waals surface area contributed by atoms with Gasteiger partial charge in [-0.05, 0) is 18.2 Å². The van der Waals surface area contributed by atoms with Gasteiger partial charge in [0, 0.05) is 12.1 Å². The van der Waals surface area contributed by atoms with E-state index in [1.807, 2.05) is 0 Å². The second-order valence-corrected chi connectivity index (χ2v) is 6.85. The lowest BCUT2D eigenvalue weighted by Gasteiger charge is -2.10. The first-order valence-electron chi connectivity index (χ1n) is 5.04. The van der Waals surface area contributed by atoms with Crippen molar-refractivity contribution in [1.29, 1.82) is 0 Å². The average molecular weight is 356 g/mol. The molecule has 0 radical (unpaired) electrons. The number of carbonyl (C=O) groups is 1. The van der Waals surface area contributed by atoms with Crippen molar-refractivity contribution in [2.75, 3.05) is 14.7 Å². The van der Waals surface area contributed by atoms with Crippen molar-refractivity contribution >= 4 is 54.8 Å². The van der Waals surface area contributed by atoms with Gasteiger partial charge in [0.05, 0.1) is 10.7 Å². The van der Waals surface area contributed by atoms with Gasteiger partial charge in [-0.15, -0.1) is 0 Å². The second-order valence-electron chi connectivity index (χ2n) is 3.42. The monoisotopic (exact) mass is 354 g/mol. The second kappa shape index (κ2) is 6.40. The number of hydrogen-bond acceptors (Lipinski definition) is 3. The number of anilines is 2. The van der Waals surface area contributed by atoms with Gasteiger partial charge in [0.25, 0.3) is 0 Å². The summed E-state index contributed by atoms with van der Waals surface area (Å²) in [6, 6.07) is 4.58. The Morgan fingerprint density at radius 1 is 1.44 bits per heavy atom. The summed E-state index contributed by atoms with van der Waals surface area (Å²) in [5, 5.41) is 2.88. The van der Waals surface area contributed by atoms with Crippen molar-refractivity contribution < 1.29 is 13.2 Å². The number of sulfonamides is 1. The number of amides is 1. The van der Waals surface area contributed by atoms with E-state index < -0.39 is 10.0 Å². The molecular weight excluding hydrogens is 344 g/mol. The van der Waals surface area contributed by atoms with E-state index in [9.17, 15) is 13.2 Å². The predicted molar refractivity (Wildman–Crippen MR) is 76.7 cm³/mol. The molecule has 8 heteroatoms. The molecule has 18 heavy (non-hydrogen) atoms. The van der Waals surface area contributed by atoms with E-state index in [0.717, 1.165) is 0 Å². The fourth-order valence-electron chi connectivity index (χ4n) is 1.13. The van der Waals surface area contributed by atoms with Crippen molar-refractivity contribution in [3.63, 3.8) is 0 Å². The molecule has 0 spiro atoms. The Bertz CT molecular complexity index is 548. The molecule has 0 aliphatic heterocycles. The quantitative estimate of drug-likeness (QED) is 0.798. The van der Waals surface area contributed by atoms with Crippen molar-refractivity contribution in [2.45, 2.75) is 13.3 Å². The van der Waals surface area contributed by atoms with Crippen LogP contribution in [0.3, 0.4) is 0 Å². The third-order valence-electron chi connectivity index (χ3n) is 1.98. The topological polar surface area (TPSA) is 75.3 Å². The number of benzene rings is 1. The van der Waals surface area contributed by atoms with Gasteiger partial charge >= 0.3 is 0 Å². The third kappa shape index (κ3) is 4.47. The first-order valence-corrected chi connectivity index (χ1v) is 8.19. The Labute approximate surface area is 119 Å². The minimum Gasteiger partial charge on any atom is -0.326 e. The maximum Gasteiger partial charge on any atom is 0.242 e. The smallest absolute Gasteiger partial charge is 0.242 e. The molecule has 1 amide bonds. The highest BCUT2D eigenvalue weighted by Gasteiger charge is 2.11. The van der Waals surface area contributed by atoms with Gasteiger partial charge < -0.3 is 5.32 Å². The minimum atomic E-state index is -3.48. The van der Waals surface area contributed by atoms with Crippen molar-refractivity contribution in [3.8, 4) is 0 Å². The number of hydrogen-bond donors (Lipinski definition) is 2. The summed E-state index contributed by atoms with van der Waals surface area (Å²) >= 11 is 8.73. The molecule has 100 valence electrons. The zero-order chi connectivity index (χ0) is 13.8. The molecule has 5 nitrogen and oxygen atoms in total. The Morgan fingerprint density at radius 2 is 2.11 bits per heavy atom. The first-order chi connectivity index (χ1) is 8.38. The van der Waals surface area contributed by atoms with E-state index in [4.69, 9.17) is 11.6 Å². The normalized spacial score (nSPS) is 11.1. The van der Waals surface area contributed by atoms with Crippen LogP contribution >= 0.6 is 27.5 Å². The molecule has 1 aromatic carbocycles. The van der Waals surface area contributed by atoms with Crippen LogP contribution in [0.2, 0.25) is 5.02 Å². The van der Waals surface area contributed by atoms with Gasteiger partial charge in [-0.3, -0.25) is 9.52 Å². The predicted octanol–water partition coefficient (Wildman–Crippen LogP) is 2.78. The van der Waals surface area contributed by atoms with E-state index in [1.165, 1.54) is 12.1 Å². The number of nitrogens with one attached hydrogen (secondary N) is 2. The molecule has 0 saturated heterocycles.